The van der Waals surface area contributed by atoms with Crippen molar-refractivity contribution in [1.29, 1.82) is 0 Å². The third kappa shape index (κ3) is 6.12. The third-order valence-corrected chi connectivity index (χ3v) is 6.18. The summed E-state index contributed by atoms with van der Waals surface area (Å²) in [4.78, 5) is 25.7. The van der Waals surface area contributed by atoms with Gasteiger partial charge in [0.2, 0.25) is 5.13 Å². The predicted octanol–water partition coefficient (Wildman–Crippen LogP) is 4.64. The second kappa shape index (κ2) is 10.5. The van der Waals surface area contributed by atoms with Crippen LogP contribution in [0.15, 0.2) is 57.9 Å². The lowest BCUT2D eigenvalue weighted by atomic mass is 10.2. The van der Waals surface area contributed by atoms with E-state index >= 15 is 0 Å². The average molecular weight is 491 g/mol. The van der Waals surface area contributed by atoms with Gasteiger partial charge in [0, 0.05) is 27.9 Å². The largest absolute Gasteiger partial charge is 0.352 e. The summed E-state index contributed by atoms with van der Waals surface area (Å²) in [5.41, 5.74) is 1.21. The summed E-state index contributed by atoms with van der Waals surface area (Å²) in [6, 6.07) is 14.7. The van der Waals surface area contributed by atoms with Gasteiger partial charge in [0.1, 0.15) is 5.01 Å². The maximum absolute atomic E-state index is 12.6. The number of hydrogen-bond acceptors (Lipinski definition) is 6. The first-order chi connectivity index (χ1) is 14.1. The Bertz CT molecular complexity index is 1010. The van der Waals surface area contributed by atoms with Gasteiger partial charge in [0.05, 0.1) is 5.56 Å². The number of benzene rings is 2. The zero-order valence-corrected chi connectivity index (χ0v) is 18.9. The van der Waals surface area contributed by atoms with Crippen molar-refractivity contribution >= 4 is 56.0 Å². The molecule has 6 nitrogen and oxygen atoms in total. The van der Waals surface area contributed by atoms with Crippen LogP contribution in [0, 0.1) is 0 Å². The highest BCUT2D eigenvalue weighted by Crippen LogP contribution is 2.24. The molecular formula is C20H19BrN4O2S2. The van der Waals surface area contributed by atoms with Crippen LogP contribution in [0.1, 0.15) is 32.6 Å². The Morgan fingerprint density at radius 1 is 1.10 bits per heavy atom. The van der Waals surface area contributed by atoms with Crippen molar-refractivity contribution in [2.45, 2.75) is 18.2 Å². The van der Waals surface area contributed by atoms with Gasteiger partial charge in [-0.15, -0.1) is 22.0 Å². The van der Waals surface area contributed by atoms with Gasteiger partial charge in [-0.05, 0) is 36.1 Å². The number of anilines is 1. The normalized spacial score (nSPS) is 10.6. The fourth-order valence-electron chi connectivity index (χ4n) is 2.52. The molecule has 0 radical (unpaired) electrons. The van der Waals surface area contributed by atoms with Gasteiger partial charge < -0.3 is 5.32 Å². The summed E-state index contributed by atoms with van der Waals surface area (Å²) in [6.45, 7) is 2.48. The fourth-order valence-corrected chi connectivity index (χ4v) is 4.46. The number of nitrogens with zero attached hydrogens (tertiary/aromatic N) is 2. The molecule has 0 atom stereocenters. The van der Waals surface area contributed by atoms with Crippen molar-refractivity contribution in [1.82, 2.24) is 15.5 Å². The molecule has 0 saturated carbocycles. The van der Waals surface area contributed by atoms with E-state index in [0.717, 1.165) is 20.1 Å². The second-order valence-electron chi connectivity index (χ2n) is 5.90. The number of hydrogen-bond donors (Lipinski definition) is 2. The van der Waals surface area contributed by atoms with E-state index in [-0.39, 0.29) is 11.8 Å². The number of rotatable bonds is 8. The lowest BCUT2D eigenvalue weighted by Gasteiger charge is -2.06. The number of thioether (sulfide) groups is 1. The maximum atomic E-state index is 12.6. The molecule has 0 aliphatic carbocycles. The lowest BCUT2D eigenvalue weighted by Crippen LogP contribution is -2.25. The Morgan fingerprint density at radius 3 is 2.72 bits per heavy atom. The molecule has 2 N–H and O–H groups in total. The first kappa shape index (κ1) is 21.5. The molecule has 2 amide bonds. The van der Waals surface area contributed by atoms with Crippen LogP contribution in [0.2, 0.25) is 0 Å². The quantitative estimate of drug-likeness (QED) is 0.449. The van der Waals surface area contributed by atoms with E-state index in [0.29, 0.717) is 29.2 Å². The summed E-state index contributed by atoms with van der Waals surface area (Å²) in [5.74, 6) is 0.542. The molecule has 0 aliphatic heterocycles. The van der Waals surface area contributed by atoms with E-state index < -0.39 is 0 Å². The maximum Gasteiger partial charge on any atom is 0.258 e. The van der Waals surface area contributed by atoms with Crippen LogP contribution >= 0.6 is 39.0 Å². The number of halogens is 1. The molecule has 0 saturated heterocycles. The molecule has 0 unspecified atom stereocenters. The van der Waals surface area contributed by atoms with Gasteiger partial charge in [-0.2, -0.15) is 0 Å². The molecular weight excluding hydrogens is 472 g/mol. The van der Waals surface area contributed by atoms with Crippen LogP contribution in [0.25, 0.3) is 0 Å². The standard InChI is InChI=1S/C20H19BrN4O2S2/c1-2-28-16-9-4-3-8-15(16)19(27)23-20-25-24-17(29-20)10-11-22-18(26)13-6-5-7-14(21)12-13/h3-9,12H,2,10-11H2,1H3,(H,22,26)(H,23,25,27). The summed E-state index contributed by atoms with van der Waals surface area (Å²) >= 11 is 6.28. The zero-order chi connectivity index (χ0) is 20.6. The van der Waals surface area contributed by atoms with Crippen LogP contribution in [-0.2, 0) is 6.42 Å². The SMILES string of the molecule is CCSc1ccccc1C(=O)Nc1nnc(CCNC(=O)c2cccc(Br)c2)s1. The summed E-state index contributed by atoms with van der Waals surface area (Å²) in [7, 11) is 0. The predicted molar refractivity (Wildman–Crippen MR) is 121 cm³/mol. The molecule has 0 spiro atoms. The number of nitrogens with one attached hydrogen (secondary N) is 2. The minimum Gasteiger partial charge on any atom is -0.352 e. The molecule has 0 aliphatic rings. The Kier molecular flexibility index (Phi) is 7.79. The number of carbonyl (C=O) groups excluding carboxylic acids is 2. The lowest BCUT2D eigenvalue weighted by molar-refractivity contribution is 0.0953. The Balaban J connectivity index is 1.53. The van der Waals surface area contributed by atoms with E-state index in [2.05, 4.69) is 36.8 Å². The van der Waals surface area contributed by atoms with Gasteiger partial charge >= 0.3 is 0 Å². The monoisotopic (exact) mass is 490 g/mol. The van der Waals surface area contributed by atoms with E-state index in [1.54, 1.807) is 30.0 Å². The van der Waals surface area contributed by atoms with Crippen molar-refractivity contribution in [2.24, 2.45) is 0 Å². The molecule has 29 heavy (non-hydrogen) atoms. The van der Waals surface area contributed by atoms with Crippen LogP contribution in [0.3, 0.4) is 0 Å². The molecule has 150 valence electrons. The number of amides is 2. The summed E-state index contributed by atoms with van der Waals surface area (Å²) < 4.78 is 0.855. The minimum absolute atomic E-state index is 0.144. The van der Waals surface area contributed by atoms with Crippen molar-refractivity contribution < 1.29 is 9.59 Å². The van der Waals surface area contributed by atoms with E-state index in [9.17, 15) is 9.59 Å². The molecule has 3 rings (SSSR count). The van der Waals surface area contributed by atoms with Gasteiger partial charge in [0.25, 0.3) is 11.8 Å². The average Bonchev–Trinajstić information content (AvgIpc) is 3.15. The topological polar surface area (TPSA) is 84.0 Å². The van der Waals surface area contributed by atoms with Crippen molar-refractivity contribution in [3.8, 4) is 0 Å². The second-order valence-corrected chi connectivity index (χ2v) is 9.18. The van der Waals surface area contributed by atoms with Crippen LogP contribution in [0.5, 0.6) is 0 Å². The van der Waals surface area contributed by atoms with Crippen molar-refractivity contribution in [3.05, 3.63) is 69.1 Å². The first-order valence-corrected chi connectivity index (χ1v) is 11.6. The van der Waals surface area contributed by atoms with Crippen molar-refractivity contribution in [3.63, 3.8) is 0 Å². The summed E-state index contributed by atoms with van der Waals surface area (Å²) in [5, 5.41) is 15.0. The van der Waals surface area contributed by atoms with E-state index in [4.69, 9.17) is 0 Å². The number of aromatic nitrogens is 2. The summed E-state index contributed by atoms with van der Waals surface area (Å²) in [6.07, 6.45) is 0.537. The van der Waals surface area contributed by atoms with Crippen LogP contribution in [-0.4, -0.2) is 34.3 Å². The van der Waals surface area contributed by atoms with Gasteiger partial charge in [-0.1, -0.05) is 52.4 Å². The van der Waals surface area contributed by atoms with Gasteiger partial charge in [-0.3, -0.25) is 14.9 Å². The van der Waals surface area contributed by atoms with Crippen LogP contribution in [0.4, 0.5) is 5.13 Å². The molecule has 9 heteroatoms. The van der Waals surface area contributed by atoms with Crippen LogP contribution < -0.4 is 10.6 Å². The minimum atomic E-state index is -0.202. The highest BCUT2D eigenvalue weighted by Gasteiger charge is 2.14. The fraction of sp³-hybridized carbons (Fsp3) is 0.200. The van der Waals surface area contributed by atoms with Gasteiger partial charge in [-0.25, -0.2) is 0 Å². The smallest absolute Gasteiger partial charge is 0.258 e. The number of carbonyl (C=O) groups is 2. The highest BCUT2D eigenvalue weighted by molar-refractivity contribution is 9.10. The molecule has 1 heterocycles. The van der Waals surface area contributed by atoms with Gasteiger partial charge in [0.15, 0.2) is 0 Å². The third-order valence-electron chi connectivity index (χ3n) is 3.83. The highest BCUT2D eigenvalue weighted by atomic mass is 79.9. The zero-order valence-electron chi connectivity index (χ0n) is 15.6. The molecule has 1 aromatic heterocycles. The van der Waals surface area contributed by atoms with Crippen molar-refractivity contribution in [2.75, 3.05) is 17.6 Å². The Labute approximate surface area is 185 Å². The molecule has 0 bridgehead atoms. The Morgan fingerprint density at radius 2 is 1.93 bits per heavy atom. The molecule has 2 aromatic carbocycles. The van der Waals surface area contributed by atoms with E-state index in [1.165, 1.54) is 11.3 Å². The first-order valence-electron chi connectivity index (χ1n) is 8.96. The Hall–Kier alpha value is -2.23. The molecule has 0 fully saturated rings. The van der Waals surface area contributed by atoms with E-state index in [1.807, 2.05) is 37.3 Å². The molecule has 3 aromatic rings.